The number of halogens is 3. The van der Waals surface area contributed by atoms with Crippen molar-refractivity contribution >= 4 is 18.5 Å². The monoisotopic (exact) mass is 318 g/mol. The molecule has 1 aliphatic carbocycles. The molecule has 1 aromatic carbocycles. The average molecular weight is 319 g/mol. The summed E-state index contributed by atoms with van der Waals surface area (Å²) in [6.45, 7) is 1.66. The molecular formula is C14H17ClF2N2O2. The molecule has 1 amide bonds. The molecule has 3 N–H and O–H groups in total. The molecule has 0 bridgehead atoms. The van der Waals surface area contributed by atoms with Crippen molar-refractivity contribution in [1.82, 2.24) is 10.6 Å². The zero-order chi connectivity index (χ0) is 14.3. The molecule has 0 spiro atoms. The average Bonchev–Trinajstić information content (AvgIpc) is 3.08. The Morgan fingerprint density at radius 2 is 2.19 bits per heavy atom. The second-order valence-corrected chi connectivity index (χ2v) is 5.53. The third-order valence-electron chi connectivity index (χ3n) is 4.66. The summed E-state index contributed by atoms with van der Waals surface area (Å²) in [5.41, 5.74) is -0.321. The van der Waals surface area contributed by atoms with Crippen molar-refractivity contribution in [3.8, 4) is 0 Å². The van der Waals surface area contributed by atoms with Crippen LogP contribution in [0, 0.1) is 23.5 Å². The van der Waals surface area contributed by atoms with Gasteiger partial charge in [0.25, 0.3) is 0 Å². The zero-order valence-corrected chi connectivity index (χ0v) is 12.1. The van der Waals surface area contributed by atoms with Gasteiger partial charge >= 0.3 is 6.09 Å². The molecule has 116 valence electrons. The third kappa shape index (κ3) is 2.58. The van der Waals surface area contributed by atoms with Gasteiger partial charge in [0.05, 0.1) is 0 Å². The van der Waals surface area contributed by atoms with Gasteiger partial charge in [0.1, 0.15) is 11.6 Å². The summed E-state index contributed by atoms with van der Waals surface area (Å²) in [7, 11) is 0. The Balaban J connectivity index is 0.00000161. The van der Waals surface area contributed by atoms with Crippen LogP contribution in [0.2, 0.25) is 0 Å². The summed E-state index contributed by atoms with van der Waals surface area (Å²) in [5, 5.41) is 14.4. The largest absolute Gasteiger partial charge is 0.465 e. The highest BCUT2D eigenvalue weighted by Crippen LogP contribution is 2.62. The minimum absolute atomic E-state index is 0. The van der Waals surface area contributed by atoms with E-state index < -0.39 is 23.1 Å². The van der Waals surface area contributed by atoms with Crippen molar-refractivity contribution in [2.75, 3.05) is 19.6 Å². The first-order valence-electron chi connectivity index (χ1n) is 6.69. The Hall–Kier alpha value is -1.40. The van der Waals surface area contributed by atoms with E-state index in [-0.39, 0.29) is 30.8 Å². The lowest BCUT2D eigenvalue weighted by molar-refractivity contribution is 0.192. The molecule has 0 radical (unpaired) electrons. The first-order chi connectivity index (χ1) is 9.55. The fourth-order valence-corrected chi connectivity index (χ4v) is 3.74. The summed E-state index contributed by atoms with van der Waals surface area (Å²) in [4.78, 5) is 10.8. The topological polar surface area (TPSA) is 61.4 Å². The maximum Gasteiger partial charge on any atom is 0.404 e. The highest BCUT2D eigenvalue weighted by molar-refractivity contribution is 5.85. The Morgan fingerprint density at radius 1 is 1.43 bits per heavy atom. The van der Waals surface area contributed by atoms with E-state index in [1.54, 1.807) is 0 Å². The Morgan fingerprint density at radius 3 is 2.81 bits per heavy atom. The standard InChI is InChI=1S/C14H16F2N2O2.ClH/c15-8-1-2-12(16)10(5-8)14(7-18-13(19)20)9-3-4-17-6-11(9)14;/h1-2,5,9,11,17-18H,3-4,6-7H2,(H,19,20);1H/t9-,11+,14-;/m1./s1. The second-order valence-electron chi connectivity index (χ2n) is 5.53. The van der Waals surface area contributed by atoms with Crippen LogP contribution < -0.4 is 10.6 Å². The van der Waals surface area contributed by atoms with E-state index in [1.807, 2.05) is 0 Å². The van der Waals surface area contributed by atoms with E-state index in [4.69, 9.17) is 5.11 Å². The zero-order valence-electron chi connectivity index (χ0n) is 11.2. The maximum atomic E-state index is 14.1. The predicted molar refractivity (Wildman–Crippen MR) is 75.8 cm³/mol. The van der Waals surface area contributed by atoms with Crippen molar-refractivity contribution < 1.29 is 18.7 Å². The number of hydrogen-bond acceptors (Lipinski definition) is 2. The van der Waals surface area contributed by atoms with E-state index in [9.17, 15) is 13.6 Å². The smallest absolute Gasteiger partial charge is 0.404 e. The molecule has 0 aromatic heterocycles. The van der Waals surface area contributed by atoms with E-state index in [0.29, 0.717) is 12.1 Å². The van der Waals surface area contributed by atoms with Crippen LogP contribution in [0.25, 0.3) is 0 Å². The van der Waals surface area contributed by atoms with Gasteiger partial charge in [-0.25, -0.2) is 13.6 Å². The molecule has 0 unspecified atom stereocenters. The van der Waals surface area contributed by atoms with Crippen molar-refractivity contribution in [2.45, 2.75) is 11.8 Å². The highest BCUT2D eigenvalue weighted by Gasteiger charge is 2.66. The van der Waals surface area contributed by atoms with Crippen LogP contribution in [0.3, 0.4) is 0 Å². The summed E-state index contributed by atoms with van der Waals surface area (Å²) >= 11 is 0. The van der Waals surface area contributed by atoms with Crippen molar-refractivity contribution in [1.29, 1.82) is 0 Å². The molecule has 2 fully saturated rings. The van der Waals surface area contributed by atoms with Gasteiger partial charge < -0.3 is 15.7 Å². The summed E-state index contributed by atoms with van der Waals surface area (Å²) < 4.78 is 27.6. The number of amides is 1. The molecule has 21 heavy (non-hydrogen) atoms. The highest BCUT2D eigenvalue weighted by atomic mass is 35.5. The van der Waals surface area contributed by atoms with Crippen molar-refractivity contribution in [3.63, 3.8) is 0 Å². The van der Waals surface area contributed by atoms with Gasteiger partial charge in [-0.2, -0.15) is 0 Å². The van der Waals surface area contributed by atoms with Crippen LogP contribution in [0.4, 0.5) is 13.6 Å². The molecule has 1 saturated carbocycles. The Kier molecular flexibility index (Phi) is 4.39. The van der Waals surface area contributed by atoms with Crippen LogP contribution in [-0.2, 0) is 5.41 Å². The number of piperidine rings is 1. The maximum absolute atomic E-state index is 14.1. The van der Waals surface area contributed by atoms with Crippen LogP contribution in [0.15, 0.2) is 18.2 Å². The molecule has 1 saturated heterocycles. The molecule has 1 heterocycles. The minimum Gasteiger partial charge on any atom is -0.465 e. The molecule has 3 rings (SSSR count). The summed E-state index contributed by atoms with van der Waals surface area (Å²) in [5.74, 6) is -0.605. The van der Waals surface area contributed by atoms with Gasteiger partial charge in [-0.1, -0.05) is 0 Å². The number of carboxylic acid groups (broad SMARTS) is 1. The Bertz CT molecular complexity index is 544. The van der Waals surface area contributed by atoms with Crippen LogP contribution in [0.1, 0.15) is 12.0 Å². The Labute approximate surface area is 127 Å². The lowest BCUT2D eigenvalue weighted by Gasteiger charge is -2.19. The van der Waals surface area contributed by atoms with Crippen molar-refractivity contribution in [3.05, 3.63) is 35.4 Å². The molecule has 1 aliphatic heterocycles. The van der Waals surface area contributed by atoms with Crippen molar-refractivity contribution in [2.24, 2.45) is 11.8 Å². The second kappa shape index (κ2) is 5.77. The summed E-state index contributed by atoms with van der Waals surface area (Å²) in [6.07, 6.45) is -0.292. The van der Waals surface area contributed by atoms with E-state index >= 15 is 0 Å². The van der Waals surface area contributed by atoms with Gasteiger partial charge in [0, 0.05) is 12.0 Å². The molecule has 2 aliphatic rings. The molecule has 1 aromatic rings. The number of carbonyl (C=O) groups is 1. The van der Waals surface area contributed by atoms with Gasteiger partial charge in [0.2, 0.25) is 0 Å². The first-order valence-corrected chi connectivity index (χ1v) is 6.69. The SMILES string of the molecule is Cl.O=C(O)NC[C@]1(c2cc(F)ccc2F)[C@@H]2CCNC[C@@H]21. The van der Waals surface area contributed by atoms with E-state index in [0.717, 1.165) is 25.1 Å². The number of nitrogens with one attached hydrogen (secondary N) is 2. The fourth-order valence-electron chi connectivity index (χ4n) is 3.74. The van der Waals surface area contributed by atoms with Crippen LogP contribution >= 0.6 is 12.4 Å². The van der Waals surface area contributed by atoms with E-state index in [2.05, 4.69) is 10.6 Å². The van der Waals surface area contributed by atoms with Crippen LogP contribution in [-0.4, -0.2) is 30.8 Å². The van der Waals surface area contributed by atoms with Gasteiger partial charge in [-0.05, 0) is 55.1 Å². The summed E-state index contributed by atoms with van der Waals surface area (Å²) in [6, 6.07) is 3.41. The van der Waals surface area contributed by atoms with Gasteiger partial charge in [-0.3, -0.25) is 0 Å². The third-order valence-corrected chi connectivity index (χ3v) is 4.66. The molecular weight excluding hydrogens is 302 g/mol. The lowest BCUT2D eigenvalue weighted by Crippen LogP contribution is -2.34. The number of benzene rings is 1. The predicted octanol–water partition coefficient (Wildman–Crippen LogP) is 2.13. The minimum atomic E-state index is -1.14. The lowest BCUT2D eigenvalue weighted by atomic mass is 9.90. The number of fused-ring (bicyclic) bond motifs is 1. The number of hydrogen-bond donors (Lipinski definition) is 3. The van der Waals surface area contributed by atoms with Gasteiger partial charge in [-0.15, -0.1) is 12.4 Å². The first kappa shape index (κ1) is 16.0. The molecule has 4 nitrogen and oxygen atoms in total. The quantitative estimate of drug-likeness (QED) is 0.800. The van der Waals surface area contributed by atoms with Crippen LogP contribution in [0.5, 0.6) is 0 Å². The normalized spacial score (nSPS) is 30.0. The molecule has 3 atom stereocenters. The van der Waals surface area contributed by atoms with Gasteiger partial charge in [0.15, 0.2) is 0 Å². The fraction of sp³-hybridized carbons (Fsp3) is 0.500. The molecule has 7 heteroatoms. The number of rotatable bonds is 3. The van der Waals surface area contributed by atoms with E-state index in [1.165, 1.54) is 6.07 Å².